The van der Waals surface area contributed by atoms with Gasteiger partial charge in [0.05, 0.1) is 5.56 Å². The zero-order valence-corrected chi connectivity index (χ0v) is 16.4. The van der Waals surface area contributed by atoms with E-state index in [1.807, 2.05) is 0 Å². The van der Waals surface area contributed by atoms with Gasteiger partial charge in [-0.15, -0.1) is 10.2 Å². The van der Waals surface area contributed by atoms with Crippen molar-refractivity contribution in [2.24, 2.45) is 5.92 Å². The van der Waals surface area contributed by atoms with Gasteiger partial charge in [-0.25, -0.2) is 4.98 Å². The van der Waals surface area contributed by atoms with Crippen molar-refractivity contribution in [3.8, 4) is 22.5 Å². The maximum atomic E-state index is 5.22. The second-order valence-electron chi connectivity index (χ2n) is 8.11. The number of benzene rings is 1. The molecular weight excluding hydrogens is 348 g/mol. The van der Waals surface area contributed by atoms with Gasteiger partial charge in [0.1, 0.15) is 5.82 Å². The summed E-state index contributed by atoms with van der Waals surface area (Å²) in [6, 6.07) is 10.7. The van der Waals surface area contributed by atoms with Crippen molar-refractivity contribution in [2.45, 2.75) is 45.4 Å². The molecule has 1 saturated heterocycles. The lowest BCUT2D eigenvalue weighted by Gasteiger charge is -2.33. The van der Waals surface area contributed by atoms with E-state index in [4.69, 9.17) is 4.98 Å². The van der Waals surface area contributed by atoms with Crippen LogP contribution in [0.3, 0.4) is 0 Å². The molecule has 28 heavy (non-hydrogen) atoms. The predicted molar refractivity (Wildman–Crippen MR) is 110 cm³/mol. The summed E-state index contributed by atoms with van der Waals surface area (Å²) in [5, 5.41) is 15.3. The first-order chi connectivity index (χ1) is 13.8. The average Bonchev–Trinajstić information content (AvgIpc) is 3.28. The van der Waals surface area contributed by atoms with E-state index in [9.17, 15) is 0 Å². The van der Waals surface area contributed by atoms with Crippen LogP contribution in [0, 0.1) is 5.92 Å². The second-order valence-corrected chi connectivity index (χ2v) is 8.11. The number of aryl methyl sites for hydroxylation is 1. The summed E-state index contributed by atoms with van der Waals surface area (Å²) in [6.45, 7) is 4.42. The van der Waals surface area contributed by atoms with Gasteiger partial charge in [-0.1, -0.05) is 37.3 Å². The zero-order valence-electron chi connectivity index (χ0n) is 16.4. The van der Waals surface area contributed by atoms with E-state index in [1.165, 1.54) is 48.1 Å². The van der Waals surface area contributed by atoms with Crippen LogP contribution in [0.15, 0.2) is 30.3 Å². The van der Waals surface area contributed by atoms with Crippen molar-refractivity contribution in [1.82, 2.24) is 25.6 Å². The van der Waals surface area contributed by atoms with Gasteiger partial charge >= 0.3 is 0 Å². The number of hydrogen-bond acceptors (Lipinski definition) is 5. The molecule has 6 heteroatoms. The highest BCUT2D eigenvalue weighted by Crippen LogP contribution is 2.43. The smallest absolute Gasteiger partial charge is 0.209 e. The van der Waals surface area contributed by atoms with Crippen LogP contribution < -0.4 is 4.90 Å². The normalized spacial score (nSPS) is 19.5. The Kier molecular flexibility index (Phi) is 4.55. The lowest BCUT2D eigenvalue weighted by Crippen LogP contribution is -2.32. The molecule has 1 aliphatic carbocycles. The molecule has 144 valence electrons. The van der Waals surface area contributed by atoms with Gasteiger partial charge in [0.2, 0.25) is 5.82 Å². The minimum atomic E-state index is 0.646. The van der Waals surface area contributed by atoms with Crippen LogP contribution in [0.25, 0.3) is 22.5 Å². The summed E-state index contributed by atoms with van der Waals surface area (Å²) < 4.78 is 0. The van der Waals surface area contributed by atoms with Crippen molar-refractivity contribution in [3.63, 3.8) is 0 Å². The number of aromatic amines is 1. The number of nitrogens with one attached hydrogen (secondary N) is 1. The number of aromatic nitrogens is 5. The third-order valence-electron chi connectivity index (χ3n) is 6.08. The Hall–Kier alpha value is -2.76. The Morgan fingerprint density at radius 2 is 1.86 bits per heavy atom. The first-order valence-corrected chi connectivity index (χ1v) is 10.4. The summed E-state index contributed by atoms with van der Waals surface area (Å²) in [4.78, 5) is 7.65. The monoisotopic (exact) mass is 374 g/mol. The van der Waals surface area contributed by atoms with Gasteiger partial charge in [0.25, 0.3) is 0 Å². The predicted octanol–water partition coefficient (Wildman–Crippen LogP) is 4.04. The van der Waals surface area contributed by atoms with Crippen LogP contribution in [0.1, 0.15) is 43.9 Å². The molecule has 6 nitrogen and oxygen atoms in total. The average molecular weight is 374 g/mol. The first kappa shape index (κ1) is 17.3. The van der Waals surface area contributed by atoms with Gasteiger partial charge in [0.15, 0.2) is 0 Å². The van der Waals surface area contributed by atoms with E-state index >= 15 is 0 Å². The van der Waals surface area contributed by atoms with Crippen LogP contribution in [0.4, 0.5) is 5.82 Å². The van der Waals surface area contributed by atoms with Crippen molar-refractivity contribution < 1.29 is 0 Å². The highest BCUT2D eigenvalue weighted by molar-refractivity contribution is 5.90. The molecule has 0 radical (unpaired) electrons. The maximum absolute atomic E-state index is 5.22. The molecule has 1 atom stereocenters. The highest BCUT2D eigenvalue weighted by Gasteiger charge is 2.30. The van der Waals surface area contributed by atoms with Gasteiger partial charge in [0, 0.05) is 24.3 Å². The molecule has 1 fully saturated rings. The highest BCUT2D eigenvalue weighted by atomic mass is 15.5. The number of tetrazole rings is 1. The molecule has 3 heterocycles. The molecule has 1 N–H and O–H groups in total. The fraction of sp³-hybridized carbons (Fsp3) is 0.455. The second kappa shape index (κ2) is 7.34. The summed E-state index contributed by atoms with van der Waals surface area (Å²) in [5.74, 6) is 2.34. The minimum Gasteiger partial charge on any atom is -0.356 e. The lowest BCUT2D eigenvalue weighted by atomic mass is 9.81. The van der Waals surface area contributed by atoms with Crippen molar-refractivity contribution in [3.05, 3.63) is 41.6 Å². The number of hydrogen-bond donors (Lipinski definition) is 1. The number of anilines is 1. The number of rotatable bonds is 3. The van der Waals surface area contributed by atoms with Crippen molar-refractivity contribution >= 4 is 5.82 Å². The number of nitrogens with zero attached hydrogens (tertiary/aromatic N) is 5. The van der Waals surface area contributed by atoms with Gasteiger partial charge in [-0.05, 0) is 60.8 Å². The summed E-state index contributed by atoms with van der Waals surface area (Å²) >= 11 is 0. The molecule has 2 aliphatic rings. The molecule has 0 amide bonds. The number of H-pyrrole nitrogens is 1. The molecule has 1 aliphatic heterocycles. The largest absolute Gasteiger partial charge is 0.356 e. The summed E-state index contributed by atoms with van der Waals surface area (Å²) in [6.07, 6.45) is 7.02. The zero-order chi connectivity index (χ0) is 18.9. The van der Waals surface area contributed by atoms with Gasteiger partial charge in [-0.3, -0.25) is 0 Å². The summed E-state index contributed by atoms with van der Waals surface area (Å²) in [7, 11) is 0. The van der Waals surface area contributed by atoms with Crippen LogP contribution in [0.5, 0.6) is 0 Å². The molecule has 0 bridgehead atoms. The Labute approximate surface area is 165 Å². The lowest BCUT2D eigenvalue weighted by molar-refractivity contribution is 0.493. The fourth-order valence-electron chi connectivity index (χ4n) is 4.66. The molecule has 5 rings (SSSR count). The SMILES string of the molecule is CC1CCc2nc(N3CCCCC3)c(-c3nn[nH]n3)c(-c3ccccc3)c2C1. The maximum Gasteiger partial charge on any atom is 0.209 e. The first-order valence-electron chi connectivity index (χ1n) is 10.4. The molecule has 1 unspecified atom stereocenters. The number of pyridine rings is 1. The third kappa shape index (κ3) is 3.07. The standard InChI is InChI=1S/C22H26N6/c1-15-10-11-18-17(14-15)19(16-8-4-2-5-9-16)20(21-24-26-27-25-21)22(23-18)28-12-6-3-7-13-28/h2,4-5,8-9,15H,3,6-7,10-14H2,1H3,(H,24,25,26,27). The van der Waals surface area contributed by atoms with E-state index in [1.54, 1.807) is 0 Å². The molecule has 0 spiro atoms. The Morgan fingerprint density at radius 1 is 1.04 bits per heavy atom. The number of fused-ring (bicyclic) bond motifs is 1. The molecule has 3 aromatic rings. The quantitative estimate of drug-likeness (QED) is 0.749. The van der Waals surface area contributed by atoms with Gasteiger partial charge < -0.3 is 4.90 Å². The van der Waals surface area contributed by atoms with Crippen molar-refractivity contribution in [2.75, 3.05) is 18.0 Å². The van der Waals surface area contributed by atoms with E-state index in [0.29, 0.717) is 11.7 Å². The van der Waals surface area contributed by atoms with Crippen LogP contribution in [-0.4, -0.2) is 38.7 Å². The van der Waals surface area contributed by atoms with Crippen LogP contribution >= 0.6 is 0 Å². The third-order valence-corrected chi connectivity index (χ3v) is 6.08. The Morgan fingerprint density at radius 3 is 2.61 bits per heavy atom. The van der Waals surface area contributed by atoms with Crippen LogP contribution in [-0.2, 0) is 12.8 Å². The van der Waals surface area contributed by atoms with E-state index in [-0.39, 0.29) is 0 Å². The molecule has 1 aromatic carbocycles. The van der Waals surface area contributed by atoms with Crippen molar-refractivity contribution in [1.29, 1.82) is 0 Å². The van der Waals surface area contributed by atoms with Gasteiger partial charge in [-0.2, -0.15) is 5.21 Å². The number of piperidine rings is 1. The topological polar surface area (TPSA) is 70.6 Å². The van der Waals surface area contributed by atoms with E-state index < -0.39 is 0 Å². The van der Waals surface area contributed by atoms with E-state index in [2.05, 4.69) is 62.8 Å². The summed E-state index contributed by atoms with van der Waals surface area (Å²) in [5.41, 5.74) is 6.12. The molecule has 0 saturated carbocycles. The van der Waals surface area contributed by atoms with Crippen LogP contribution in [0.2, 0.25) is 0 Å². The Bertz CT molecular complexity index is 945. The van der Waals surface area contributed by atoms with E-state index in [0.717, 1.165) is 37.3 Å². The Balaban J connectivity index is 1.80. The molecule has 2 aromatic heterocycles. The molecular formula is C22H26N6. The fourth-order valence-corrected chi connectivity index (χ4v) is 4.66. The minimum absolute atomic E-state index is 0.646.